The Morgan fingerprint density at radius 3 is 2.68 bits per heavy atom. The van der Waals surface area contributed by atoms with Gasteiger partial charge in [0, 0.05) is 11.6 Å². The number of hydrogen-bond donors (Lipinski definition) is 1. The lowest BCUT2D eigenvalue weighted by Gasteiger charge is -2.30. The van der Waals surface area contributed by atoms with E-state index in [-0.39, 0.29) is 30.2 Å². The third-order valence-electron chi connectivity index (χ3n) is 4.02. The van der Waals surface area contributed by atoms with Gasteiger partial charge in [0.05, 0.1) is 17.4 Å². The molecule has 1 N–H and O–H groups in total. The van der Waals surface area contributed by atoms with Gasteiger partial charge >= 0.3 is 0 Å². The molecule has 1 aliphatic heterocycles. The van der Waals surface area contributed by atoms with Crippen LogP contribution in [0.2, 0.25) is 0 Å². The minimum Gasteiger partial charge on any atom is -0.486 e. The van der Waals surface area contributed by atoms with E-state index in [1.165, 1.54) is 6.07 Å². The molecule has 0 aromatic heterocycles. The summed E-state index contributed by atoms with van der Waals surface area (Å²) in [6.07, 6.45) is -0.393. The van der Waals surface area contributed by atoms with Crippen LogP contribution in [0.1, 0.15) is 12.5 Å². The van der Waals surface area contributed by atoms with E-state index in [2.05, 4.69) is 5.32 Å². The molecule has 0 bridgehead atoms. The van der Waals surface area contributed by atoms with Crippen LogP contribution in [0.15, 0.2) is 48.5 Å². The Labute approximate surface area is 144 Å². The number of para-hydroxylation sites is 3. The Balaban J connectivity index is 1.61. The number of rotatable bonds is 5. The van der Waals surface area contributed by atoms with E-state index >= 15 is 0 Å². The smallest absolute Gasteiger partial charge is 0.273 e. The van der Waals surface area contributed by atoms with Crippen LogP contribution in [0.5, 0.6) is 11.5 Å². The monoisotopic (exact) mass is 342 g/mol. The number of fused-ring (bicyclic) bond motifs is 1. The fraction of sp³-hybridized carbons (Fsp3) is 0.278. The van der Waals surface area contributed by atoms with Crippen LogP contribution in [0.3, 0.4) is 0 Å². The summed E-state index contributed by atoms with van der Waals surface area (Å²) >= 11 is 0. The van der Waals surface area contributed by atoms with Crippen molar-refractivity contribution in [2.24, 2.45) is 0 Å². The van der Waals surface area contributed by atoms with Gasteiger partial charge in [0.25, 0.3) is 5.69 Å². The minimum atomic E-state index is -0.485. The maximum Gasteiger partial charge on any atom is 0.273 e. The van der Waals surface area contributed by atoms with Crippen molar-refractivity contribution >= 4 is 11.6 Å². The fourth-order valence-corrected chi connectivity index (χ4v) is 2.69. The summed E-state index contributed by atoms with van der Waals surface area (Å²) in [7, 11) is 0. The molecular weight excluding hydrogens is 324 g/mol. The Morgan fingerprint density at radius 2 is 1.92 bits per heavy atom. The Hall–Kier alpha value is -3.09. The maximum absolute atomic E-state index is 12.3. The summed E-state index contributed by atoms with van der Waals surface area (Å²) in [6, 6.07) is 13.3. The van der Waals surface area contributed by atoms with Gasteiger partial charge in [-0.25, -0.2) is 0 Å². The number of amides is 1. The molecule has 2 atom stereocenters. The lowest BCUT2D eigenvalue weighted by atomic mass is 10.1. The number of carbonyl (C=O) groups excluding carboxylic acids is 1. The summed E-state index contributed by atoms with van der Waals surface area (Å²) in [5.74, 6) is 1.01. The van der Waals surface area contributed by atoms with E-state index in [1.54, 1.807) is 18.2 Å². The third-order valence-corrected chi connectivity index (χ3v) is 4.02. The second-order valence-corrected chi connectivity index (χ2v) is 5.83. The summed E-state index contributed by atoms with van der Waals surface area (Å²) in [6.45, 7) is 2.14. The molecule has 7 nitrogen and oxygen atoms in total. The van der Waals surface area contributed by atoms with Crippen molar-refractivity contribution in [2.75, 3.05) is 6.61 Å². The molecule has 0 saturated carbocycles. The van der Waals surface area contributed by atoms with Gasteiger partial charge in [0.15, 0.2) is 17.6 Å². The average molecular weight is 342 g/mol. The number of hydrogen-bond acceptors (Lipinski definition) is 5. The minimum absolute atomic E-state index is 0.0588. The van der Waals surface area contributed by atoms with Crippen molar-refractivity contribution in [2.45, 2.75) is 25.5 Å². The lowest BCUT2D eigenvalue weighted by Crippen LogP contribution is -2.48. The zero-order chi connectivity index (χ0) is 17.8. The maximum atomic E-state index is 12.3. The van der Waals surface area contributed by atoms with Crippen molar-refractivity contribution in [1.82, 2.24) is 5.32 Å². The van der Waals surface area contributed by atoms with Crippen molar-refractivity contribution in [3.63, 3.8) is 0 Å². The Kier molecular flexibility index (Phi) is 4.83. The number of benzene rings is 2. The summed E-state index contributed by atoms with van der Waals surface area (Å²) in [5, 5.41) is 13.9. The quantitative estimate of drug-likeness (QED) is 0.666. The Morgan fingerprint density at radius 1 is 1.24 bits per heavy atom. The molecular formula is C18H18N2O5. The van der Waals surface area contributed by atoms with E-state index in [4.69, 9.17) is 9.47 Å². The molecule has 1 amide bonds. The van der Waals surface area contributed by atoms with Crippen LogP contribution in [0.4, 0.5) is 5.69 Å². The SMILES string of the molecule is C[C@H](NC(=O)Cc1ccccc1[N+](=O)[O-])[C@@H]1COc2ccccc2O1. The lowest BCUT2D eigenvalue weighted by molar-refractivity contribution is -0.385. The second-order valence-electron chi connectivity index (χ2n) is 5.83. The molecule has 7 heteroatoms. The van der Waals surface area contributed by atoms with Crippen molar-refractivity contribution < 1.29 is 19.2 Å². The molecule has 3 rings (SSSR count). The molecule has 0 radical (unpaired) electrons. The summed E-state index contributed by atoms with van der Waals surface area (Å²) < 4.78 is 11.5. The molecule has 0 unspecified atom stereocenters. The highest BCUT2D eigenvalue weighted by molar-refractivity contribution is 5.80. The van der Waals surface area contributed by atoms with Crippen LogP contribution in [-0.2, 0) is 11.2 Å². The molecule has 1 aliphatic rings. The number of nitrogens with zero attached hydrogens (tertiary/aromatic N) is 1. The molecule has 0 fully saturated rings. The van der Waals surface area contributed by atoms with E-state index in [9.17, 15) is 14.9 Å². The van der Waals surface area contributed by atoms with Crippen LogP contribution in [0.25, 0.3) is 0 Å². The fourth-order valence-electron chi connectivity index (χ4n) is 2.69. The standard InChI is InChI=1S/C18H18N2O5/c1-12(17-11-24-15-8-4-5-9-16(15)25-17)19-18(21)10-13-6-2-3-7-14(13)20(22)23/h2-9,12,17H,10-11H2,1H3,(H,19,21)/t12-,17-/m0/s1. The first-order chi connectivity index (χ1) is 12.0. The second kappa shape index (κ2) is 7.21. The van der Waals surface area contributed by atoms with Gasteiger partial charge in [-0.1, -0.05) is 30.3 Å². The zero-order valence-electron chi connectivity index (χ0n) is 13.7. The Bertz CT molecular complexity index is 793. The van der Waals surface area contributed by atoms with Gasteiger partial charge in [-0.05, 0) is 19.1 Å². The predicted octanol–water partition coefficient (Wildman–Crippen LogP) is 2.48. The summed E-state index contributed by atoms with van der Waals surface area (Å²) in [4.78, 5) is 22.8. The normalized spacial score (nSPS) is 16.8. The van der Waals surface area contributed by atoms with Crippen LogP contribution in [0, 0.1) is 10.1 Å². The molecule has 2 aromatic carbocycles. The highest BCUT2D eigenvalue weighted by atomic mass is 16.6. The van der Waals surface area contributed by atoms with Crippen LogP contribution >= 0.6 is 0 Å². The van der Waals surface area contributed by atoms with Crippen molar-refractivity contribution in [3.8, 4) is 11.5 Å². The number of carbonyl (C=O) groups is 1. The zero-order valence-corrected chi connectivity index (χ0v) is 13.7. The first-order valence-corrected chi connectivity index (χ1v) is 7.94. The highest BCUT2D eigenvalue weighted by Crippen LogP contribution is 2.31. The topological polar surface area (TPSA) is 90.7 Å². The van der Waals surface area contributed by atoms with Gasteiger partial charge in [-0.3, -0.25) is 14.9 Å². The molecule has 25 heavy (non-hydrogen) atoms. The third kappa shape index (κ3) is 3.88. The van der Waals surface area contributed by atoms with E-state index in [0.29, 0.717) is 23.7 Å². The van der Waals surface area contributed by atoms with Gasteiger partial charge in [0.1, 0.15) is 6.61 Å². The van der Waals surface area contributed by atoms with Gasteiger partial charge in [0.2, 0.25) is 5.91 Å². The van der Waals surface area contributed by atoms with Crippen molar-refractivity contribution in [3.05, 3.63) is 64.2 Å². The van der Waals surface area contributed by atoms with Gasteiger partial charge in [-0.15, -0.1) is 0 Å². The molecule has 0 aliphatic carbocycles. The number of nitro groups is 1. The molecule has 0 saturated heterocycles. The van der Waals surface area contributed by atoms with E-state index < -0.39 is 4.92 Å². The number of nitro benzene ring substituents is 1. The van der Waals surface area contributed by atoms with Gasteiger partial charge in [-0.2, -0.15) is 0 Å². The first kappa shape index (κ1) is 16.8. The molecule has 0 spiro atoms. The van der Waals surface area contributed by atoms with Crippen LogP contribution < -0.4 is 14.8 Å². The summed E-state index contributed by atoms with van der Waals surface area (Å²) in [5.41, 5.74) is 0.319. The molecule has 130 valence electrons. The molecule has 2 aromatic rings. The first-order valence-electron chi connectivity index (χ1n) is 7.94. The van der Waals surface area contributed by atoms with Gasteiger partial charge < -0.3 is 14.8 Å². The van der Waals surface area contributed by atoms with E-state index in [0.717, 1.165) is 0 Å². The highest BCUT2D eigenvalue weighted by Gasteiger charge is 2.27. The predicted molar refractivity (Wildman–Crippen MR) is 90.8 cm³/mol. The number of nitrogens with one attached hydrogen (secondary N) is 1. The van der Waals surface area contributed by atoms with Crippen molar-refractivity contribution in [1.29, 1.82) is 0 Å². The number of ether oxygens (including phenoxy) is 2. The van der Waals surface area contributed by atoms with E-state index in [1.807, 2.05) is 31.2 Å². The van der Waals surface area contributed by atoms with Crippen LogP contribution in [-0.4, -0.2) is 29.6 Å². The average Bonchev–Trinajstić information content (AvgIpc) is 2.61. The molecule has 1 heterocycles. The largest absolute Gasteiger partial charge is 0.486 e.